The molecule has 5 nitrogen and oxygen atoms in total. The molecule has 0 aliphatic carbocycles. The van der Waals surface area contributed by atoms with Gasteiger partial charge in [-0.3, -0.25) is 4.79 Å². The standard InChI is InChI=1S/C9H13ClN4O/c1-14(2)8(15)5-13-9-7(10)3-6(11)4-12-9/h3-4H,5,11H2,1-2H3,(H,12,13). The number of nitrogens with zero attached hydrogens (tertiary/aromatic N) is 2. The van der Waals surface area contributed by atoms with E-state index in [2.05, 4.69) is 10.3 Å². The van der Waals surface area contributed by atoms with Gasteiger partial charge >= 0.3 is 0 Å². The molecule has 1 heterocycles. The summed E-state index contributed by atoms with van der Waals surface area (Å²) in [5.74, 6) is 0.408. The van der Waals surface area contributed by atoms with Gasteiger partial charge in [-0.05, 0) is 6.07 Å². The van der Waals surface area contributed by atoms with Crippen LogP contribution in [0.25, 0.3) is 0 Å². The van der Waals surface area contributed by atoms with Gasteiger partial charge in [-0.15, -0.1) is 0 Å². The maximum absolute atomic E-state index is 11.3. The quantitative estimate of drug-likeness (QED) is 0.804. The number of rotatable bonds is 3. The largest absolute Gasteiger partial charge is 0.397 e. The van der Waals surface area contributed by atoms with E-state index in [1.165, 1.54) is 11.1 Å². The highest BCUT2D eigenvalue weighted by Gasteiger charge is 2.06. The number of amides is 1. The number of likely N-dealkylation sites (N-methyl/N-ethyl adjacent to an activating group) is 1. The van der Waals surface area contributed by atoms with Gasteiger partial charge in [0.15, 0.2) is 0 Å². The fourth-order valence-corrected chi connectivity index (χ4v) is 1.14. The van der Waals surface area contributed by atoms with Crippen LogP contribution in [0.2, 0.25) is 5.02 Å². The van der Waals surface area contributed by atoms with Crippen molar-refractivity contribution in [2.45, 2.75) is 0 Å². The fraction of sp³-hybridized carbons (Fsp3) is 0.333. The zero-order valence-corrected chi connectivity index (χ0v) is 9.38. The van der Waals surface area contributed by atoms with E-state index in [0.717, 1.165) is 0 Å². The molecule has 0 unspecified atom stereocenters. The van der Waals surface area contributed by atoms with E-state index in [-0.39, 0.29) is 12.5 Å². The Balaban J connectivity index is 2.62. The van der Waals surface area contributed by atoms with Gasteiger partial charge in [0.25, 0.3) is 0 Å². The van der Waals surface area contributed by atoms with Gasteiger partial charge in [0.1, 0.15) is 5.82 Å². The molecule has 0 fully saturated rings. The summed E-state index contributed by atoms with van der Waals surface area (Å²) in [4.78, 5) is 16.7. The SMILES string of the molecule is CN(C)C(=O)CNc1ncc(N)cc1Cl. The number of pyridine rings is 1. The van der Waals surface area contributed by atoms with Gasteiger partial charge in [-0.2, -0.15) is 0 Å². The van der Waals surface area contributed by atoms with E-state index < -0.39 is 0 Å². The minimum Gasteiger partial charge on any atom is -0.397 e. The third-order valence-electron chi connectivity index (χ3n) is 1.77. The predicted octanol–water partition coefficient (Wildman–Crippen LogP) is 0.817. The molecule has 0 radical (unpaired) electrons. The molecule has 1 aromatic heterocycles. The molecule has 0 saturated carbocycles. The number of carbonyl (C=O) groups is 1. The summed E-state index contributed by atoms with van der Waals surface area (Å²) < 4.78 is 0. The van der Waals surface area contributed by atoms with E-state index in [0.29, 0.717) is 16.5 Å². The van der Waals surface area contributed by atoms with Crippen LogP contribution in [0.1, 0.15) is 0 Å². The Hall–Kier alpha value is -1.49. The van der Waals surface area contributed by atoms with E-state index >= 15 is 0 Å². The molecule has 1 rings (SSSR count). The van der Waals surface area contributed by atoms with Gasteiger partial charge in [0.05, 0.1) is 23.5 Å². The lowest BCUT2D eigenvalue weighted by Gasteiger charge is -2.11. The Morgan fingerprint density at radius 1 is 1.67 bits per heavy atom. The molecule has 0 aromatic carbocycles. The molecule has 6 heteroatoms. The number of aromatic nitrogens is 1. The van der Waals surface area contributed by atoms with Crippen LogP contribution in [0.15, 0.2) is 12.3 Å². The highest BCUT2D eigenvalue weighted by Crippen LogP contribution is 2.20. The van der Waals surface area contributed by atoms with Crippen LogP contribution in [0.5, 0.6) is 0 Å². The van der Waals surface area contributed by atoms with Gasteiger partial charge in [0.2, 0.25) is 5.91 Å². The summed E-state index contributed by atoms with van der Waals surface area (Å²) in [5, 5.41) is 3.24. The molecule has 1 amide bonds. The molecular formula is C9H13ClN4O. The molecule has 0 atom stereocenters. The van der Waals surface area contributed by atoms with Gasteiger partial charge in [-0.1, -0.05) is 11.6 Å². The molecule has 0 aliphatic heterocycles. The van der Waals surface area contributed by atoms with Crippen LogP contribution in [0.3, 0.4) is 0 Å². The second-order valence-electron chi connectivity index (χ2n) is 3.24. The summed E-state index contributed by atoms with van der Waals surface area (Å²) in [5.41, 5.74) is 5.97. The van der Waals surface area contributed by atoms with Gasteiger partial charge < -0.3 is 16.0 Å². The molecule has 3 N–H and O–H groups in total. The molecule has 0 saturated heterocycles. The molecular weight excluding hydrogens is 216 g/mol. The van der Waals surface area contributed by atoms with Crippen molar-refractivity contribution in [2.24, 2.45) is 0 Å². The first-order valence-corrected chi connectivity index (χ1v) is 4.73. The Morgan fingerprint density at radius 3 is 2.87 bits per heavy atom. The highest BCUT2D eigenvalue weighted by atomic mass is 35.5. The van der Waals surface area contributed by atoms with Crippen molar-refractivity contribution in [1.29, 1.82) is 0 Å². The minimum atomic E-state index is -0.0512. The van der Waals surface area contributed by atoms with E-state index in [1.54, 1.807) is 20.2 Å². The second kappa shape index (κ2) is 4.84. The summed E-state index contributed by atoms with van der Waals surface area (Å²) in [7, 11) is 3.37. The van der Waals surface area contributed by atoms with E-state index in [9.17, 15) is 4.79 Å². The molecule has 15 heavy (non-hydrogen) atoms. The Morgan fingerprint density at radius 2 is 2.33 bits per heavy atom. The van der Waals surface area contributed by atoms with Crippen LogP contribution in [0, 0.1) is 0 Å². The molecule has 1 aromatic rings. The van der Waals surface area contributed by atoms with Crippen molar-refractivity contribution in [3.05, 3.63) is 17.3 Å². The zero-order chi connectivity index (χ0) is 11.4. The van der Waals surface area contributed by atoms with Gasteiger partial charge in [0, 0.05) is 14.1 Å². The highest BCUT2D eigenvalue weighted by molar-refractivity contribution is 6.33. The maximum Gasteiger partial charge on any atom is 0.241 e. The summed E-state index contributed by atoms with van der Waals surface area (Å²) in [6.07, 6.45) is 1.48. The van der Waals surface area contributed by atoms with Crippen molar-refractivity contribution in [3.63, 3.8) is 0 Å². The Bertz CT molecular complexity index is 367. The smallest absolute Gasteiger partial charge is 0.241 e. The predicted molar refractivity (Wildman–Crippen MR) is 60.8 cm³/mol. The minimum absolute atomic E-state index is 0.0512. The monoisotopic (exact) mass is 228 g/mol. The van der Waals surface area contributed by atoms with Crippen LogP contribution < -0.4 is 11.1 Å². The summed E-state index contributed by atoms with van der Waals surface area (Å²) in [6, 6.07) is 1.58. The van der Waals surface area contributed by atoms with Crippen molar-refractivity contribution in [1.82, 2.24) is 9.88 Å². The fourth-order valence-electron chi connectivity index (χ4n) is 0.900. The summed E-state index contributed by atoms with van der Waals surface area (Å²) >= 11 is 5.86. The number of nitrogens with one attached hydrogen (secondary N) is 1. The summed E-state index contributed by atoms with van der Waals surface area (Å²) in [6.45, 7) is 0.156. The topological polar surface area (TPSA) is 71.2 Å². The number of nitrogen functional groups attached to an aromatic ring is 1. The van der Waals surface area contributed by atoms with Crippen LogP contribution >= 0.6 is 11.6 Å². The zero-order valence-electron chi connectivity index (χ0n) is 8.62. The van der Waals surface area contributed by atoms with Gasteiger partial charge in [-0.25, -0.2) is 4.98 Å². The number of nitrogens with two attached hydrogens (primary N) is 1. The average molecular weight is 229 g/mol. The average Bonchev–Trinajstić information content (AvgIpc) is 2.15. The van der Waals surface area contributed by atoms with Crippen molar-refractivity contribution in [2.75, 3.05) is 31.7 Å². The number of carbonyl (C=O) groups excluding carboxylic acids is 1. The van der Waals surface area contributed by atoms with E-state index in [1.807, 2.05) is 0 Å². The van der Waals surface area contributed by atoms with Crippen LogP contribution in [-0.4, -0.2) is 36.4 Å². The lowest BCUT2D eigenvalue weighted by atomic mass is 10.4. The lowest BCUT2D eigenvalue weighted by molar-refractivity contribution is -0.126. The van der Waals surface area contributed by atoms with Crippen LogP contribution in [-0.2, 0) is 4.79 Å². The number of hydrogen-bond donors (Lipinski definition) is 2. The molecule has 82 valence electrons. The number of halogens is 1. The lowest BCUT2D eigenvalue weighted by Crippen LogP contribution is -2.28. The molecule has 0 bridgehead atoms. The first-order chi connectivity index (χ1) is 7.00. The first-order valence-electron chi connectivity index (χ1n) is 4.35. The Kier molecular flexibility index (Phi) is 3.74. The number of anilines is 2. The number of hydrogen-bond acceptors (Lipinski definition) is 4. The van der Waals surface area contributed by atoms with Crippen LogP contribution in [0.4, 0.5) is 11.5 Å². The first kappa shape index (κ1) is 11.6. The van der Waals surface area contributed by atoms with Crippen molar-refractivity contribution in [3.8, 4) is 0 Å². The Labute approximate surface area is 93.2 Å². The molecule has 0 aliphatic rings. The third kappa shape index (κ3) is 3.28. The maximum atomic E-state index is 11.3. The second-order valence-corrected chi connectivity index (χ2v) is 3.65. The third-order valence-corrected chi connectivity index (χ3v) is 2.06. The molecule has 0 spiro atoms. The normalized spacial score (nSPS) is 9.80. The van der Waals surface area contributed by atoms with E-state index in [4.69, 9.17) is 17.3 Å². The van der Waals surface area contributed by atoms with Crippen molar-refractivity contribution >= 4 is 29.0 Å². The van der Waals surface area contributed by atoms with Crippen molar-refractivity contribution < 1.29 is 4.79 Å².